The molecule has 0 aliphatic heterocycles. The summed E-state index contributed by atoms with van der Waals surface area (Å²) >= 11 is 4.26. The van der Waals surface area contributed by atoms with Gasteiger partial charge in [0.05, 0.1) is 5.39 Å². The van der Waals surface area contributed by atoms with Crippen molar-refractivity contribution in [1.29, 1.82) is 0 Å². The van der Waals surface area contributed by atoms with E-state index in [9.17, 15) is 14.0 Å². The van der Waals surface area contributed by atoms with Gasteiger partial charge in [-0.05, 0) is 48.9 Å². The molecule has 1 atom stereocenters. The predicted octanol–water partition coefficient (Wildman–Crippen LogP) is 5.46. The van der Waals surface area contributed by atoms with Crippen LogP contribution in [0.5, 0.6) is 0 Å². The maximum absolute atomic E-state index is 13.5. The van der Waals surface area contributed by atoms with Gasteiger partial charge in [0.25, 0.3) is 5.56 Å². The number of hydrogen-bond donors (Lipinski definition) is 1. The first-order chi connectivity index (χ1) is 15.5. The first-order valence-corrected chi connectivity index (χ1v) is 13.0. The van der Waals surface area contributed by atoms with Gasteiger partial charge in [0.15, 0.2) is 5.16 Å². The minimum atomic E-state index is -0.630. The number of fused-ring (bicyclic) bond motifs is 1. The van der Waals surface area contributed by atoms with Crippen LogP contribution in [0.4, 0.5) is 4.39 Å². The quantitative estimate of drug-likeness (QED) is 0.279. The molecule has 0 spiro atoms. The fourth-order valence-electron chi connectivity index (χ4n) is 3.51. The van der Waals surface area contributed by atoms with E-state index < -0.39 is 5.25 Å². The van der Waals surface area contributed by atoms with Crippen LogP contribution in [-0.4, -0.2) is 21.5 Å². The van der Waals surface area contributed by atoms with Gasteiger partial charge in [-0.2, -0.15) is 0 Å². The van der Waals surface area contributed by atoms with Crippen LogP contribution >= 0.6 is 34.4 Å². The van der Waals surface area contributed by atoms with E-state index in [1.807, 2.05) is 29.8 Å². The normalized spacial score (nSPS) is 14.6. The summed E-state index contributed by atoms with van der Waals surface area (Å²) < 4.78 is 15.1. The molecule has 1 aliphatic rings. The number of nitrogens with one attached hydrogen (secondary N) is 1. The molecule has 1 fully saturated rings. The zero-order valence-corrected chi connectivity index (χ0v) is 19.7. The van der Waals surface area contributed by atoms with Crippen molar-refractivity contribution in [3.05, 3.63) is 68.9 Å². The number of aromatic nitrogens is 2. The number of hydrogen-bond acceptors (Lipinski definition) is 6. The molecule has 0 bridgehead atoms. The molecule has 1 amide bonds. The van der Waals surface area contributed by atoms with Gasteiger partial charge in [0.1, 0.15) is 15.9 Å². The van der Waals surface area contributed by atoms with E-state index in [1.165, 1.54) is 35.2 Å². The van der Waals surface area contributed by atoms with Crippen molar-refractivity contribution in [2.24, 2.45) is 0 Å². The van der Waals surface area contributed by atoms with Gasteiger partial charge in [0.2, 0.25) is 5.91 Å². The average Bonchev–Trinajstić information content (AvgIpc) is 3.25. The van der Waals surface area contributed by atoms with Crippen LogP contribution in [0.1, 0.15) is 30.6 Å². The molecule has 1 aromatic carbocycles. The molecule has 1 saturated carbocycles. The first kappa shape index (κ1) is 21.4. The lowest BCUT2D eigenvalue weighted by atomic mass is 10.1. The van der Waals surface area contributed by atoms with Crippen LogP contribution in [0.2, 0.25) is 0 Å². The number of benzene rings is 1. The van der Waals surface area contributed by atoms with E-state index in [1.54, 1.807) is 28.0 Å². The summed E-state index contributed by atoms with van der Waals surface area (Å²) in [6.45, 7) is 2.33. The summed E-state index contributed by atoms with van der Waals surface area (Å²) in [6, 6.07) is 10.1. The largest absolute Gasteiger partial charge is 0.352 e. The molecule has 5 rings (SSSR count). The maximum Gasteiger partial charge on any atom is 0.263 e. The Morgan fingerprint density at radius 3 is 2.72 bits per heavy atom. The molecule has 0 radical (unpaired) electrons. The molecule has 32 heavy (non-hydrogen) atoms. The topological polar surface area (TPSA) is 64.0 Å². The van der Waals surface area contributed by atoms with E-state index in [0.717, 1.165) is 23.3 Å². The number of carbonyl (C=O) groups is 1. The number of carbonyl (C=O) groups excluding carboxylic acids is 1. The molecule has 3 heterocycles. The molecular formula is C23H20FN3O2S3. The van der Waals surface area contributed by atoms with Crippen LogP contribution in [0, 0.1) is 5.82 Å². The van der Waals surface area contributed by atoms with Crippen LogP contribution in [-0.2, 0) is 11.3 Å². The summed E-state index contributed by atoms with van der Waals surface area (Å²) in [6.07, 6.45) is 1.94. The maximum atomic E-state index is 13.5. The number of thioether (sulfide) groups is 1. The number of amides is 1. The van der Waals surface area contributed by atoms with Gasteiger partial charge in [-0.15, -0.1) is 22.7 Å². The predicted molar refractivity (Wildman–Crippen MR) is 129 cm³/mol. The fourth-order valence-corrected chi connectivity index (χ4v) is 6.48. The van der Waals surface area contributed by atoms with Crippen molar-refractivity contribution in [3.8, 4) is 10.4 Å². The van der Waals surface area contributed by atoms with Crippen molar-refractivity contribution in [2.75, 3.05) is 0 Å². The third-order valence-electron chi connectivity index (χ3n) is 5.32. The molecule has 3 aromatic heterocycles. The highest BCUT2D eigenvalue weighted by molar-refractivity contribution is 8.00. The summed E-state index contributed by atoms with van der Waals surface area (Å²) in [5.74, 6) is -0.503. The van der Waals surface area contributed by atoms with Gasteiger partial charge in [0, 0.05) is 28.4 Å². The van der Waals surface area contributed by atoms with Crippen LogP contribution in [0.3, 0.4) is 0 Å². The Morgan fingerprint density at radius 2 is 2.06 bits per heavy atom. The summed E-state index contributed by atoms with van der Waals surface area (Å²) in [5, 5.41) is 7.47. The van der Waals surface area contributed by atoms with Crippen LogP contribution in [0.25, 0.3) is 20.7 Å². The molecule has 4 aromatic rings. The average molecular weight is 486 g/mol. The Balaban J connectivity index is 1.57. The van der Waals surface area contributed by atoms with Gasteiger partial charge in [-0.3, -0.25) is 14.2 Å². The van der Waals surface area contributed by atoms with Crippen molar-refractivity contribution in [3.63, 3.8) is 0 Å². The Morgan fingerprint density at radius 1 is 1.28 bits per heavy atom. The molecule has 1 unspecified atom stereocenters. The van der Waals surface area contributed by atoms with Crippen LogP contribution in [0.15, 0.2) is 57.1 Å². The smallest absolute Gasteiger partial charge is 0.263 e. The highest BCUT2D eigenvalue weighted by Gasteiger charge is 2.30. The fraction of sp³-hybridized carbons (Fsp3) is 0.261. The molecule has 5 nitrogen and oxygen atoms in total. The second-order valence-corrected chi connectivity index (χ2v) is 10.5. The van der Waals surface area contributed by atoms with Gasteiger partial charge in [-0.25, -0.2) is 9.37 Å². The standard InChI is InChI=1S/C23H20FN3O2S3/c1-2-27-22(29)18-16(17-4-3-11-30-17)12-31-21(18)26-23(27)32-19(20(28)25-15-9-10-15)13-5-7-14(24)8-6-13/h3-8,11-12,15,19H,2,9-10H2,1H3,(H,25,28). The Hall–Kier alpha value is -2.49. The lowest BCUT2D eigenvalue weighted by Gasteiger charge is -2.18. The number of thiophene rings is 2. The van der Waals surface area contributed by atoms with E-state index in [2.05, 4.69) is 5.32 Å². The third-order valence-corrected chi connectivity index (χ3v) is 8.34. The third kappa shape index (κ3) is 4.12. The number of halogens is 1. The molecular weight excluding hydrogens is 465 g/mol. The summed E-state index contributed by atoms with van der Waals surface area (Å²) in [4.78, 5) is 33.0. The minimum Gasteiger partial charge on any atom is -0.352 e. The Kier molecular flexibility index (Phi) is 5.88. The van der Waals surface area contributed by atoms with Crippen molar-refractivity contribution in [2.45, 2.75) is 42.8 Å². The van der Waals surface area contributed by atoms with Gasteiger partial charge < -0.3 is 5.32 Å². The molecule has 9 heteroatoms. The highest BCUT2D eigenvalue weighted by Crippen LogP contribution is 2.38. The summed E-state index contributed by atoms with van der Waals surface area (Å²) in [5.41, 5.74) is 1.47. The van der Waals surface area contributed by atoms with Crippen molar-refractivity contribution < 1.29 is 9.18 Å². The van der Waals surface area contributed by atoms with Crippen LogP contribution < -0.4 is 10.9 Å². The zero-order valence-electron chi connectivity index (χ0n) is 17.2. The Bertz CT molecular complexity index is 1330. The lowest BCUT2D eigenvalue weighted by Crippen LogP contribution is -2.30. The minimum absolute atomic E-state index is 0.106. The second-order valence-electron chi connectivity index (χ2n) is 7.58. The molecule has 1 N–H and O–H groups in total. The van der Waals surface area contributed by atoms with E-state index in [4.69, 9.17) is 4.98 Å². The van der Waals surface area contributed by atoms with Gasteiger partial charge in [-0.1, -0.05) is 30.0 Å². The number of rotatable bonds is 7. The monoisotopic (exact) mass is 485 g/mol. The SMILES string of the molecule is CCn1c(SC(C(=O)NC2CC2)c2ccc(F)cc2)nc2scc(-c3cccs3)c2c1=O. The van der Waals surface area contributed by atoms with E-state index in [0.29, 0.717) is 27.5 Å². The highest BCUT2D eigenvalue weighted by atomic mass is 32.2. The zero-order chi connectivity index (χ0) is 22.2. The Labute approximate surface area is 196 Å². The van der Waals surface area contributed by atoms with E-state index in [-0.39, 0.29) is 23.3 Å². The molecule has 0 saturated heterocycles. The molecule has 1 aliphatic carbocycles. The van der Waals surface area contributed by atoms with Crippen molar-refractivity contribution >= 4 is 50.6 Å². The summed E-state index contributed by atoms with van der Waals surface area (Å²) in [7, 11) is 0. The first-order valence-electron chi connectivity index (χ1n) is 10.3. The van der Waals surface area contributed by atoms with Crippen molar-refractivity contribution in [1.82, 2.24) is 14.9 Å². The van der Waals surface area contributed by atoms with E-state index >= 15 is 0 Å². The molecule has 164 valence electrons. The van der Waals surface area contributed by atoms with Gasteiger partial charge >= 0.3 is 0 Å². The lowest BCUT2D eigenvalue weighted by molar-refractivity contribution is -0.120. The number of nitrogens with zero attached hydrogens (tertiary/aromatic N) is 2. The second kappa shape index (κ2) is 8.80.